The van der Waals surface area contributed by atoms with Gasteiger partial charge >= 0.3 is 0 Å². The fraction of sp³-hybridized carbons (Fsp3) is 0.933. The van der Waals surface area contributed by atoms with Crippen LogP contribution in [0.2, 0.25) is 0 Å². The van der Waals surface area contributed by atoms with Gasteiger partial charge in [0.1, 0.15) is 54.6 Å². The standard InChI is InChI=1S/C15H26O11/c1-4(17)2-5-7(18)8(19)6(3-16)25-15(5)26-14-12(23)10(21)9(20)11(22)13(14)24/h5-16,18-24H,2-3H2,1H3/t5-,6-,7-,8-,9?,10-,11+,12-,13-,14?,15-/m1/s1. The Morgan fingerprint density at radius 2 is 1.35 bits per heavy atom. The summed E-state index contributed by atoms with van der Waals surface area (Å²) >= 11 is 0. The second-order valence-electron chi connectivity index (χ2n) is 6.83. The van der Waals surface area contributed by atoms with Crippen molar-refractivity contribution < 1.29 is 55.1 Å². The lowest BCUT2D eigenvalue weighted by molar-refractivity contribution is -0.329. The molecule has 1 saturated carbocycles. The van der Waals surface area contributed by atoms with E-state index < -0.39 is 73.8 Å². The van der Waals surface area contributed by atoms with Gasteiger partial charge in [0, 0.05) is 12.3 Å². The molecular formula is C15H26O11. The Labute approximate surface area is 149 Å². The van der Waals surface area contributed by atoms with E-state index >= 15 is 0 Å². The molecule has 8 N–H and O–H groups in total. The zero-order valence-corrected chi connectivity index (χ0v) is 14.1. The maximum atomic E-state index is 11.5. The molecule has 0 aromatic rings. The molecule has 26 heavy (non-hydrogen) atoms. The third kappa shape index (κ3) is 4.07. The lowest BCUT2D eigenvalue weighted by atomic mass is 9.84. The fourth-order valence-electron chi connectivity index (χ4n) is 3.33. The van der Waals surface area contributed by atoms with Crippen molar-refractivity contribution >= 4 is 5.78 Å². The third-order valence-electron chi connectivity index (χ3n) is 4.90. The molecule has 1 heterocycles. The summed E-state index contributed by atoms with van der Waals surface area (Å²) in [5.41, 5.74) is 0. The molecule has 0 bridgehead atoms. The van der Waals surface area contributed by atoms with Crippen LogP contribution >= 0.6 is 0 Å². The zero-order chi connectivity index (χ0) is 19.8. The molecule has 11 heteroatoms. The van der Waals surface area contributed by atoms with Crippen LogP contribution in [0.3, 0.4) is 0 Å². The quantitative estimate of drug-likeness (QED) is 0.227. The predicted molar refractivity (Wildman–Crippen MR) is 81.5 cm³/mol. The van der Waals surface area contributed by atoms with Crippen LogP contribution in [-0.2, 0) is 14.3 Å². The molecule has 152 valence electrons. The molecule has 0 spiro atoms. The lowest BCUT2D eigenvalue weighted by Gasteiger charge is -2.47. The second kappa shape index (κ2) is 8.52. The first-order chi connectivity index (χ1) is 12.1. The van der Waals surface area contributed by atoms with Crippen LogP contribution in [0, 0.1) is 5.92 Å². The maximum Gasteiger partial charge on any atom is 0.164 e. The van der Waals surface area contributed by atoms with Crippen molar-refractivity contribution in [1.29, 1.82) is 0 Å². The highest BCUT2D eigenvalue weighted by Crippen LogP contribution is 2.33. The van der Waals surface area contributed by atoms with Gasteiger partial charge in [-0.05, 0) is 6.92 Å². The molecule has 0 aromatic heterocycles. The van der Waals surface area contributed by atoms with E-state index in [1.54, 1.807) is 0 Å². The Bertz CT molecular complexity index is 472. The van der Waals surface area contributed by atoms with Crippen molar-refractivity contribution in [2.24, 2.45) is 5.92 Å². The number of ketones is 1. The normalized spacial score (nSPS) is 49.8. The van der Waals surface area contributed by atoms with Gasteiger partial charge in [-0.2, -0.15) is 0 Å². The Morgan fingerprint density at radius 1 is 0.846 bits per heavy atom. The largest absolute Gasteiger partial charge is 0.394 e. The molecule has 11 nitrogen and oxygen atoms in total. The topological polar surface area (TPSA) is 197 Å². The van der Waals surface area contributed by atoms with Gasteiger partial charge in [0.15, 0.2) is 6.29 Å². The number of aliphatic hydroxyl groups excluding tert-OH is 8. The minimum atomic E-state index is -1.82. The summed E-state index contributed by atoms with van der Waals surface area (Å²) in [5, 5.41) is 78.6. The molecule has 2 rings (SSSR count). The van der Waals surface area contributed by atoms with Gasteiger partial charge in [0.05, 0.1) is 12.7 Å². The van der Waals surface area contributed by atoms with Crippen LogP contribution in [0.5, 0.6) is 0 Å². The average Bonchev–Trinajstić information content (AvgIpc) is 2.60. The number of carbonyl (C=O) groups is 1. The second-order valence-corrected chi connectivity index (χ2v) is 6.83. The molecule has 1 aliphatic carbocycles. The van der Waals surface area contributed by atoms with E-state index in [1.807, 2.05) is 0 Å². The fourth-order valence-corrected chi connectivity index (χ4v) is 3.33. The van der Waals surface area contributed by atoms with Crippen LogP contribution in [0.1, 0.15) is 13.3 Å². The van der Waals surface area contributed by atoms with Crippen molar-refractivity contribution in [2.45, 2.75) is 74.6 Å². The molecule has 2 unspecified atom stereocenters. The zero-order valence-electron chi connectivity index (χ0n) is 14.1. The summed E-state index contributed by atoms with van der Waals surface area (Å²) < 4.78 is 10.8. The molecule has 0 radical (unpaired) electrons. The van der Waals surface area contributed by atoms with E-state index in [4.69, 9.17) is 9.47 Å². The predicted octanol–water partition coefficient (Wildman–Crippen LogP) is -4.78. The number of ether oxygens (including phenoxy) is 2. The molecule has 11 atom stereocenters. The Kier molecular flexibility index (Phi) is 7.07. The Morgan fingerprint density at radius 3 is 1.81 bits per heavy atom. The first kappa shape index (κ1) is 21.6. The molecule has 2 aliphatic rings. The van der Waals surface area contributed by atoms with Gasteiger partial charge in [-0.1, -0.05) is 0 Å². The van der Waals surface area contributed by atoms with E-state index in [1.165, 1.54) is 6.92 Å². The minimum absolute atomic E-state index is 0.270. The number of aliphatic hydroxyl groups is 8. The monoisotopic (exact) mass is 382 g/mol. The molecule has 2 fully saturated rings. The van der Waals surface area contributed by atoms with E-state index in [0.717, 1.165) is 0 Å². The van der Waals surface area contributed by atoms with Crippen molar-refractivity contribution in [3.63, 3.8) is 0 Å². The third-order valence-corrected chi connectivity index (χ3v) is 4.90. The van der Waals surface area contributed by atoms with Crippen LogP contribution in [-0.4, -0.2) is 114 Å². The highest BCUT2D eigenvalue weighted by atomic mass is 16.7. The Balaban J connectivity index is 2.23. The van der Waals surface area contributed by atoms with Crippen molar-refractivity contribution in [1.82, 2.24) is 0 Å². The van der Waals surface area contributed by atoms with Gasteiger partial charge < -0.3 is 55.1 Å². The molecule has 1 aliphatic heterocycles. The van der Waals surface area contributed by atoms with Gasteiger partial charge in [0.25, 0.3) is 0 Å². The summed E-state index contributed by atoms with van der Waals surface area (Å²) in [6, 6.07) is 0. The molecular weight excluding hydrogens is 356 g/mol. The van der Waals surface area contributed by atoms with Gasteiger partial charge in [-0.25, -0.2) is 0 Å². The van der Waals surface area contributed by atoms with Crippen molar-refractivity contribution in [3.8, 4) is 0 Å². The smallest absolute Gasteiger partial charge is 0.164 e. The van der Waals surface area contributed by atoms with Crippen LogP contribution in [0.4, 0.5) is 0 Å². The molecule has 1 saturated heterocycles. The van der Waals surface area contributed by atoms with Gasteiger partial charge in [0.2, 0.25) is 0 Å². The lowest BCUT2D eigenvalue weighted by Crippen LogP contribution is -2.66. The SMILES string of the molecule is CC(=O)C[C@H]1[C@@H](OC2[C@H](O)[C@H](O)C(O)[C@H](O)[C@H]2O)O[C@H](CO)[C@@H](O)[C@@H]1O. The van der Waals surface area contributed by atoms with E-state index in [0.29, 0.717) is 0 Å². The average molecular weight is 382 g/mol. The highest BCUT2D eigenvalue weighted by molar-refractivity contribution is 5.75. The van der Waals surface area contributed by atoms with Gasteiger partial charge in [-0.15, -0.1) is 0 Å². The number of carbonyl (C=O) groups excluding carboxylic acids is 1. The van der Waals surface area contributed by atoms with Crippen LogP contribution < -0.4 is 0 Å². The van der Waals surface area contributed by atoms with E-state index in [9.17, 15) is 45.6 Å². The minimum Gasteiger partial charge on any atom is -0.394 e. The van der Waals surface area contributed by atoms with E-state index in [2.05, 4.69) is 0 Å². The summed E-state index contributed by atoms with van der Waals surface area (Å²) in [4.78, 5) is 11.5. The summed E-state index contributed by atoms with van der Waals surface area (Å²) in [6.45, 7) is 0.563. The maximum absolute atomic E-state index is 11.5. The number of rotatable bonds is 5. The highest BCUT2D eigenvalue weighted by Gasteiger charge is 2.52. The Hall–Kier alpha value is -0.730. The van der Waals surface area contributed by atoms with Crippen LogP contribution in [0.25, 0.3) is 0 Å². The van der Waals surface area contributed by atoms with Crippen molar-refractivity contribution in [3.05, 3.63) is 0 Å². The number of Topliss-reactive ketones (excluding diaryl/α,β-unsaturated/α-hetero) is 1. The summed E-state index contributed by atoms with van der Waals surface area (Å²) in [7, 11) is 0. The van der Waals surface area contributed by atoms with Crippen molar-refractivity contribution in [2.75, 3.05) is 6.61 Å². The summed E-state index contributed by atoms with van der Waals surface area (Å²) in [5.74, 6) is -1.45. The number of hydrogen-bond acceptors (Lipinski definition) is 11. The first-order valence-electron chi connectivity index (χ1n) is 8.27. The summed E-state index contributed by atoms with van der Waals surface area (Å²) in [6.07, 6.45) is -16.7. The van der Waals surface area contributed by atoms with E-state index in [-0.39, 0.29) is 12.2 Å². The molecule has 0 amide bonds. The number of hydrogen-bond donors (Lipinski definition) is 8. The first-order valence-corrected chi connectivity index (χ1v) is 8.27. The van der Waals surface area contributed by atoms with Gasteiger partial charge in [-0.3, -0.25) is 0 Å². The molecule has 0 aromatic carbocycles. The van der Waals surface area contributed by atoms with Crippen LogP contribution in [0.15, 0.2) is 0 Å².